The molecule has 28 heavy (non-hydrogen) atoms. The molecular weight excluding hydrogens is 361 g/mol. The zero-order valence-electron chi connectivity index (χ0n) is 15.5. The first-order valence-corrected chi connectivity index (χ1v) is 11.2. The van der Waals surface area contributed by atoms with Crippen molar-refractivity contribution in [2.45, 2.75) is 0 Å². The second-order valence-corrected chi connectivity index (χ2v) is 10.1. The van der Waals surface area contributed by atoms with Gasteiger partial charge in [0, 0.05) is 39.5 Å². The number of para-hydroxylation sites is 1. The zero-order chi connectivity index (χ0) is 18.9. The van der Waals surface area contributed by atoms with Crippen LogP contribution < -0.4 is 15.9 Å². The molecule has 0 spiro atoms. The topological polar surface area (TPSA) is 22.0 Å². The smallest absolute Gasteiger partial charge is 0.174 e. The van der Waals surface area contributed by atoms with Gasteiger partial charge in [-0.05, 0) is 11.5 Å². The quantitative estimate of drug-likeness (QED) is 0.371. The molecule has 1 aliphatic rings. The number of aryl methyl sites for hydroxylation is 1. The summed E-state index contributed by atoms with van der Waals surface area (Å²) in [6, 6.07) is 30.9. The highest BCUT2D eigenvalue weighted by molar-refractivity contribution is 7.86. The molecule has 1 aromatic heterocycles. The van der Waals surface area contributed by atoms with E-state index in [0.29, 0.717) is 0 Å². The van der Waals surface area contributed by atoms with Crippen LogP contribution in [0.1, 0.15) is 0 Å². The van der Waals surface area contributed by atoms with Gasteiger partial charge in [0.15, 0.2) is 7.14 Å². The zero-order valence-corrected chi connectivity index (χ0v) is 16.4. The van der Waals surface area contributed by atoms with E-state index in [9.17, 15) is 0 Å². The van der Waals surface area contributed by atoms with Gasteiger partial charge in [0.25, 0.3) is 0 Å². The first-order valence-electron chi connectivity index (χ1n) is 9.47. The van der Waals surface area contributed by atoms with Crippen molar-refractivity contribution in [3.8, 4) is 11.3 Å². The molecule has 2 nitrogen and oxygen atoms in total. The van der Waals surface area contributed by atoms with Crippen LogP contribution in [0.3, 0.4) is 0 Å². The van der Waals surface area contributed by atoms with Gasteiger partial charge in [-0.2, -0.15) is 0 Å². The third kappa shape index (κ3) is 1.81. The van der Waals surface area contributed by atoms with Crippen molar-refractivity contribution in [3.63, 3.8) is 0 Å². The monoisotopic (exact) mass is 379 g/mol. The molecule has 0 amide bonds. The lowest BCUT2D eigenvalue weighted by atomic mass is 10.0. The van der Waals surface area contributed by atoms with E-state index < -0.39 is 7.14 Å². The van der Waals surface area contributed by atoms with Gasteiger partial charge >= 0.3 is 0 Å². The number of hydrogen-bond acceptors (Lipinski definition) is 1. The van der Waals surface area contributed by atoms with Gasteiger partial charge in [-0.3, -0.25) is 0 Å². The van der Waals surface area contributed by atoms with Crippen LogP contribution in [0.5, 0.6) is 0 Å². The standard InChI is InChI=1S/C25H18NOP/c1-26-21-15-6-5-13-19(21)25-24(26)20-14-7-9-17-10-8-16-22(23(17)20)28(25,27)18-11-3-2-4-12-18/h2-16H,1H3. The Balaban J connectivity index is 1.93. The summed E-state index contributed by atoms with van der Waals surface area (Å²) in [5, 5.41) is 6.17. The molecule has 1 atom stereocenters. The minimum absolute atomic E-state index is 0.898. The van der Waals surface area contributed by atoms with Crippen LogP contribution in [0.4, 0.5) is 0 Å². The summed E-state index contributed by atoms with van der Waals surface area (Å²) in [5.41, 5.74) is 3.37. The van der Waals surface area contributed by atoms with Crippen LogP contribution in [-0.2, 0) is 11.6 Å². The van der Waals surface area contributed by atoms with E-state index in [1.165, 1.54) is 5.56 Å². The van der Waals surface area contributed by atoms with Crippen LogP contribution in [0.25, 0.3) is 32.9 Å². The third-order valence-electron chi connectivity index (χ3n) is 5.99. The maximum absolute atomic E-state index is 15.1. The van der Waals surface area contributed by atoms with Crippen LogP contribution >= 0.6 is 7.14 Å². The van der Waals surface area contributed by atoms with Gasteiger partial charge in [0.05, 0.1) is 11.0 Å². The summed E-state index contributed by atoms with van der Waals surface area (Å²) in [5.74, 6) is 0. The summed E-state index contributed by atoms with van der Waals surface area (Å²) >= 11 is 0. The molecule has 3 heteroatoms. The highest BCUT2D eigenvalue weighted by Crippen LogP contribution is 2.53. The van der Waals surface area contributed by atoms with Gasteiger partial charge in [0.2, 0.25) is 0 Å². The molecule has 134 valence electrons. The van der Waals surface area contributed by atoms with Crippen molar-refractivity contribution in [1.82, 2.24) is 4.57 Å². The molecule has 5 aromatic rings. The molecule has 1 aliphatic heterocycles. The largest absolute Gasteiger partial charge is 0.343 e. The number of aromatic nitrogens is 1. The molecule has 0 N–H and O–H groups in total. The van der Waals surface area contributed by atoms with Crippen molar-refractivity contribution >= 4 is 44.7 Å². The summed E-state index contributed by atoms with van der Waals surface area (Å²) < 4.78 is 17.3. The first-order chi connectivity index (χ1) is 13.7. The van der Waals surface area contributed by atoms with Crippen molar-refractivity contribution in [1.29, 1.82) is 0 Å². The highest BCUT2D eigenvalue weighted by atomic mass is 31.2. The predicted octanol–water partition coefficient (Wildman–Crippen LogP) is 4.95. The Bertz CT molecular complexity index is 1440. The molecule has 1 unspecified atom stereocenters. The van der Waals surface area contributed by atoms with Gasteiger partial charge < -0.3 is 9.13 Å². The summed E-state index contributed by atoms with van der Waals surface area (Å²) in [7, 11) is -0.923. The Morgan fingerprint density at radius 3 is 2.29 bits per heavy atom. The minimum atomic E-state index is -3.01. The molecule has 0 fully saturated rings. The lowest BCUT2D eigenvalue weighted by molar-refractivity contribution is 0.592. The molecule has 0 aliphatic carbocycles. The van der Waals surface area contributed by atoms with E-state index in [2.05, 4.69) is 60.1 Å². The Morgan fingerprint density at radius 2 is 1.46 bits per heavy atom. The Hall–Kier alpha value is -3.09. The highest BCUT2D eigenvalue weighted by Gasteiger charge is 2.41. The van der Waals surface area contributed by atoms with E-state index in [1.807, 2.05) is 42.5 Å². The normalized spacial score (nSPS) is 17.8. The molecule has 6 rings (SSSR count). The Morgan fingerprint density at radius 1 is 0.750 bits per heavy atom. The Kier molecular flexibility index (Phi) is 3.11. The number of rotatable bonds is 1. The average molecular weight is 379 g/mol. The fourth-order valence-corrected chi connectivity index (χ4v) is 8.13. The predicted molar refractivity (Wildman–Crippen MR) is 119 cm³/mol. The van der Waals surface area contributed by atoms with Gasteiger partial charge in [0.1, 0.15) is 0 Å². The van der Waals surface area contributed by atoms with Gasteiger partial charge in [-0.25, -0.2) is 0 Å². The van der Waals surface area contributed by atoms with Crippen molar-refractivity contribution in [2.75, 3.05) is 0 Å². The van der Waals surface area contributed by atoms with Crippen LogP contribution in [0.2, 0.25) is 0 Å². The van der Waals surface area contributed by atoms with Crippen LogP contribution in [-0.4, -0.2) is 4.57 Å². The molecule has 0 radical (unpaired) electrons. The first kappa shape index (κ1) is 15.9. The molecular formula is C25H18NOP. The fraction of sp³-hybridized carbons (Fsp3) is 0.0400. The number of nitrogens with zero attached hydrogens (tertiary/aromatic N) is 1. The van der Waals surface area contributed by atoms with E-state index >= 15 is 4.57 Å². The average Bonchev–Trinajstić information content (AvgIpc) is 3.06. The summed E-state index contributed by atoms with van der Waals surface area (Å²) in [4.78, 5) is 0. The Labute approximate surface area is 163 Å². The van der Waals surface area contributed by atoms with Gasteiger partial charge in [-0.15, -0.1) is 0 Å². The number of hydrogen-bond donors (Lipinski definition) is 0. The van der Waals surface area contributed by atoms with Crippen LogP contribution in [0.15, 0.2) is 91.0 Å². The van der Waals surface area contributed by atoms with Crippen molar-refractivity contribution in [3.05, 3.63) is 91.0 Å². The van der Waals surface area contributed by atoms with E-state index in [-0.39, 0.29) is 0 Å². The summed E-state index contributed by atoms with van der Waals surface area (Å²) in [6.45, 7) is 0. The van der Waals surface area contributed by atoms with E-state index in [0.717, 1.165) is 43.3 Å². The maximum atomic E-state index is 15.1. The molecule has 0 saturated heterocycles. The number of fused-ring (bicyclic) bond motifs is 4. The minimum Gasteiger partial charge on any atom is -0.343 e. The summed E-state index contributed by atoms with van der Waals surface area (Å²) in [6.07, 6.45) is 0. The maximum Gasteiger partial charge on any atom is 0.174 e. The molecule has 2 heterocycles. The van der Waals surface area contributed by atoms with Crippen molar-refractivity contribution in [2.24, 2.45) is 7.05 Å². The second kappa shape index (κ2) is 5.47. The van der Waals surface area contributed by atoms with E-state index in [4.69, 9.17) is 0 Å². The van der Waals surface area contributed by atoms with Crippen LogP contribution in [0, 0.1) is 0 Å². The number of benzene rings is 4. The third-order valence-corrected chi connectivity index (χ3v) is 9.15. The lowest BCUT2D eigenvalue weighted by Crippen LogP contribution is -2.30. The fourth-order valence-electron chi connectivity index (χ4n) is 4.81. The van der Waals surface area contributed by atoms with Gasteiger partial charge in [-0.1, -0.05) is 84.9 Å². The second-order valence-electron chi connectivity index (χ2n) is 7.40. The lowest BCUT2D eigenvalue weighted by Gasteiger charge is -2.28. The molecule has 0 saturated carbocycles. The van der Waals surface area contributed by atoms with Crippen molar-refractivity contribution < 1.29 is 4.57 Å². The molecule has 0 bridgehead atoms. The molecule has 4 aromatic carbocycles. The van der Waals surface area contributed by atoms with E-state index in [1.54, 1.807) is 0 Å². The SMILES string of the molecule is Cn1c2c(c3ccccc31)P(=O)(c1ccccc1)c1cccc3cccc-2c13.